The molecule has 0 atom stereocenters. The minimum Gasteiger partial charge on any atom is -0.466 e. The van der Waals surface area contributed by atoms with Crippen LogP contribution in [0.5, 0.6) is 0 Å². The molecule has 1 aliphatic carbocycles. The lowest BCUT2D eigenvalue weighted by atomic mass is 9.76. The second kappa shape index (κ2) is 8.05. The van der Waals surface area contributed by atoms with Crippen LogP contribution in [0, 0.1) is 12.3 Å². The van der Waals surface area contributed by atoms with Crippen LogP contribution in [0.4, 0.5) is 0 Å². The number of aryl methyl sites for hydroxylation is 2. The summed E-state index contributed by atoms with van der Waals surface area (Å²) in [6, 6.07) is 6.00. The van der Waals surface area contributed by atoms with Gasteiger partial charge in [0.1, 0.15) is 0 Å². The van der Waals surface area contributed by atoms with Gasteiger partial charge in [0.15, 0.2) is 5.69 Å². The quantitative estimate of drug-likeness (QED) is 0.606. The van der Waals surface area contributed by atoms with E-state index in [1.54, 1.807) is 0 Å². The van der Waals surface area contributed by atoms with Crippen molar-refractivity contribution in [2.45, 2.75) is 59.8 Å². The fourth-order valence-corrected chi connectivity index (χ4v) is 4.05. The van der Waals surface area contributed by atoms with Crippen molar-refractivity contribution in [3.63, 3.8) is 0 Å². The van der Waals surface area contributed by atoms with Crippen LogP contribution in [-0.4, -0.2) is 32.9 Å². The number of hydrogen-bond acceptors (Lipinski definition) is 6. The molecule has 0 amide bonds. The predicted molar refractivity (Wildman–Crippen MR) is 113 cm³/mol. The topological polar surface area (TPSA) is 93.9 Å². The van der Waals surface area contributed by atoms with Gasteiger partial charge in [0.2, 0.25) is 5.82 Å². The highest BCUT2D eigenvalue weighted by Gasteiger charge is 2.30. The van der Waals surface area contributed by atoms with Gasteiger partial charge in [-0.05, 0) is 62.1 Å². The Labute approximate surface area is 176 Å². The molecule has 4 rings (SSSR count). The zero-order valence-electron chi connectivity index (χ0n) is 18.0. The smallest absolute Gasteiger partial charge is 0.306 e. The Kier molecular flexibility index (Phi) is 5.45. The summed E-state index contributed by atoms with van der Waals surface area (Å²) in [5.74, 6) is 0.818. The van der Waals surface area contributed by atoms with Gasteiger partial charge in [0.25, 0.3) is 5.89 Å². The summed E-state index contributed by atoms with van der Waals surface area (Å²) < 4.78 is 10.6. The van der Waals surface area contributed by atoms with E-state index < -0.39 is 0 Å². The average Bonchev–Trinajstić information content (AvgIpc) is 3.33. The molecule has 0 unspecified atom stereocenters. The van der Waals surface area contributed by atoms with E-state index >= 15 is 0 Å². The second-order valence-electron chi connectivity index (χ2n) is 8.74. The Morgan fingerprint density at radius 2 is 2.17 bits per heavy atom. The average molecular weight is 409 g/mol. The van der Waals surface area contributed by atoms with E-state index in [4.69, 9.17) is 9.26 Å². The van der Waals surface area contributed by atoms with Gasteiger partial charge in [-0.25, -0.2) is 0 Å². The number of esters is 1. The molecule has 0 saturated heterocycles. The number of fused-ring (bicyclic) bond motifs is 1. The molecule has 30 heavy (non-hydrogen) atoms. The zero-order valence-corrected chi connectivity index (χ0v) is 18.0. The van der Waals surface area contributed by atoms with Crippen LogP contribution in [-0.2, 0) is 28.8 Å². The van der Waals surface area contributed by atoms with Crippen molar-refractivity contribution in [1.82, 2.24) is 20.3 Å². The standard InChI is InChI=1S/C23H28N4O3/c1-5-29-19(28)9-8-15-6-7-16(12-14(15)2)21-24-22(30-27-21)20-17-10-11-23(3,4)13-18(17)25-26-20/h6-7,12H,5,8-11,13H2,1-4H3,(H,25,26). The van der Waals surface area contributed by atoms with Gasteiger partial charge in [-0.1, -0.05) is 31.1 Å². The summed E-state index contributed by atoms with van der Waals surface area (Å²) in [5.41, 5.74) is 6.48. The number of benzene rings is 1. The Balaban J connectivity index is 1.52. The van der Waals surface area contributed by atoms with Gasteiger partial charge in [0, 0.05) is 23.2 Å². The van der Waals surface area contributed by atoms with Gasteiger partial charge in [-0.3, -0.25) is 9.89 Å². The second-order valence-corrected chi connectivity index (χ2v) is 8.74. The molecular weight excluding hydrogens is 380 g/mol. The van der Waals surface area contributed by atoms with Gasteiger partial charge in [-0.15, -0.1) is 0 Å². The van der Waals surface area contributed by atoms with Gasteiger partial charge >= 0.3 is 5.97 Å². The van der Waals surface area contributed by atoms with Crippen LogP contribution in [0.2, 0.25) is 0 Å². The van der Waals surface area contributed by atoms with Crippen LogP contribution in [0.25, 0.3) is 23.0 Å². The zero-order chi connectivity index (χ0) is 21.3. The number of rotatable bonds is 6. The number of nitrogens with one attached hydrogen (secondary N) is 1. The molecule has 1 N–H and O–H groups in total. The third kappa shape index (κ3) is 4.15. The summed E-state index contributed by atoms with van der Waals surface area (Å²) in [7, 11) is 0. The van der Waals surface area contributed by atoms with E-state index in [1.165, 1.54) is 11.3 Å². The van der Waals surface area contributed by atoms with E-state index in [-0.39, 0.29) is 11.4 Å². The van der Waals surface area contributed by atoms with Crippen LogP contribution in [0.3, 0.4) is 0 Å². The normalized spacial score (nSPS) is 15.1. The first kappa shape index (κ1) is 20.3. The Morgan fingerprint density at radius 1 is 1.33 bits per heavy atom. The molecule has 3 aromatic rings. The lowest BCUT2D eigenvalue weighted by molar-refractivity contribution is -0.143. The fourth-order valence-electron chi connectivity index (χ4n) is 4.05. The molecule has 2 aromatic heterocycles. The van der Waals surface area contributed by atoms with E-state index in [9.17, 15) is 4.79 Å². The maximum Gasteiger partial charge on any atom is 0.306 e. The van der Waals surface area contributed by atoms with Crippen molar-refractivity contribution in [2.24, 2.45) is 5.41 Å². The fraction of sp³-hybridized carbons (Fsp3) is 0.478. The largest absolute Gasteiger partial charge is 0.466 e. The number of aromatic amines is 1. The predicted octanol–water partition coefficient (Wildman–Crippen LogP) is 4.45. The molecule has 0 fully saturated rings. The number of hydrogen-bond donors (Lipinski definition) is 1. The van der Waals surface area contributed by atoms with Crippen LogP contribution in [0.1, 0.15) is 56.0 Å². The summed E-state index contributed by atoms with van der Waals surface area (Å²) in [4.78, 5) is 16.2. The number of ether oxygens (including phenoxy) is 1. The Bertz CT molecular complexity index is 1060. The summed E-state index contributed by atoms with van der Waals surface area (Å²) in [6.45, 7) is 8.81. The summed E-state index contributed by atoms with van der Waals surface area (Å²) in [6.07, 6.45) is 4.07. The third-order valence-corrected chi connectivity index (χ3v) is 5.79. The molecule has 7 nitrogen and oxygen atoms in total. The monoisotopic (exact) mass is 408 g/mol. The van der Waals surface area contributed by atoms with Crippen molar-refractivity contribution in [1.29, 1.82) is 0 Å². The first-order valence-corrected chi connectivity index (χ1v) is 10.5. The maximum atomic E-state index is 11.6. The van der Waals surface area contributed by atoms with Crippen molar-refractivity contribution >= 4 is 5.97 Å². The number of carbonyl (C=O) groups is 1. The lowest BCUT2D eigenvalue weighted by Crippen LogP contribution is -2.21. The third-order valence-electron chi connectivity index (χ3n) is 5.79. The molecule has 0 spiro atoms. The molecule has 0 radical (unpaired) electrons. The van der Waals surface area contributed by atoms with E-state index in [0.29, 0.717) is 31.2 Å². The summed E-state index contributed by atoms with van der Waals surface area (Å²) >= 11 is 0. The number of nitrogens with zero attached hydrogens (tertiary/aromatic N) is 3. The highest BCUT2D eigenvalue weighted by atomic mass is 16.5. The first-order valence-electron chi connectivity index (χ1n) is 10.5. The molecule has 0 saturated carbocycles. The number of H-pyrrole nitrogens is 1. The van der Waals surface area contributed by atoms with E-state index in [1.807, 2.05) is 32.0 Å². The molecule has 0 aliphatic heterocycles. The lowest BCUT2D eigenvalue weighted by Gasteiger charge is -2.28. The van der Waals surface area contributed by atoms with E-state index in [2.05, 4.69) is 34.2 Å². The van der Waals surface area contributed by atoms with Crippen LogP contribution < -0.4 is 0 Å². The molecule has 7 heteroatoms. The van der Waals surface area contributed by atoms with Gasteiger partial charge in [0.05, 0.1) is 6.61 Å². The Morgan fingerprint density at radius 3 is 2.93 bits per heavy atom. The van der Waals surface area contributed by atoms with Crippen molar-refractivity contribution < 1.29 is 14.1 Å². The van der Waals surface area contributed by atoms with Crippen LogP contribution in [0.15, 0.2) is 22.7 Å². The minimum absolute atomic E-state index is 0.172. The maximum absolute atomic E-state index is 11.6. The Hall–Kier alpha value is -2.96. The molecule has 1 aromatic carbocycles. The van der Waals surface area contributed by atoms with E-state index in [0.717, 1.165) is 41.6 Å². The van der Waals surface area contributed by atoms with Crippen molar-refractivity contribution in [2.75, 3.05) is 6.61 Å². The minimum atomic E-state index is -0.172. The summed E-state index contributed by atoms with van der Waals surface area (Å²) in [5, 5.41) is 11.8. The molecule has 1 aliphatic rings. The van der Waals surface area contributed by atoms with Crippen molar-refractivity contribution in [3.8, 4) is 23.0 Å². The van der Waals surface area contributed by atoms with Gasteiger partial charge < -0.3 is 9.26 Å². The molecule has 0 bridgehead atoms. The number of carbonyl (C=O) groups excluding carboxylic acids is 1. The SMILES string of the molecule is CCOC(=O)CCc1ccc(-c2noc(-c3n[nH]c4c3CCC(C)(C)C4)n2)cc1C. The first-order chi connectivity index (χ1) is 14.4. The molecular formula is C23H28N4O3. The number of aromatic nitrogens is 4. The molecule has 2 heterocycles. The highest BCUT2D eigenvalue weighted by molar-refractivity contribution is 5.70. The highest BCUT2D eigenvalue weighted by Crippen LogP contribution is 2.37. The molecule has 158 valence electrons. The van der Waals surface area contributed by atoms with Crippen LogP contribution >= 0.6 is 0 Å². The van der Waals surface area contributed by atoms with Gasteiger partial charge in [-0.2, -0.15) is 10.1 Å². The van der Waals surface area contributed by atoms with Crippen molar-refractivity contribution in [3.05, 3.63) is 40.6 Å².